The lowest BCUT2D eigenvalue weighted by atomic mass is 10.0. The molecule has 7 aromatic carbocycles. The van der Waals surface area contributed by atoms with Crippen molar-refractivity contribution in [3.8, 4) is 74.0 Å². The highest BCUT2D eigenvalue weighted by atomic mass is 16.6. The second-order valence-corrected chi connectivity index (χ2v) is 12.5. The first-order chi connectivity index (χ1) is 25.2. The summed E-state index contributed by atoms with van der Waals surface area (Å²) in [7, 11) is 0. The first-order valence-corrected chi connectivity index (χ1v) is 16.9. The lowest BCUT2D eigenvalue weighted by molar-refractivity contribution is 0.360. The van der Waals surface area contributed by atoms with Gasteiger partial charge in [0.15, 0.2) is 34.6 Å². The second-order valence-electron chi connectivity index (χ2n) is 12.5. The summed E-state index contributed by atoms with van der Waals surface area (Å²) in [5.41, 5.74) is 8.08. The van der Waals surface area contributed by atoms with Crippen LogP contribution in [-0.2, 0) is 0 Å². The predicted octanol–water partition coefficient (Wildman–Crippen LogP) is 11.5. The number of fused-ring (bicyclic) bond motifs is 5. The van der Waals surface area contributed by atoms with Crippen molar-refractivity contribution in [2.24, 2.45) is 0 Å². The molecule has 10 rings (SSSR count). The van der Waals surface area contributed by atoms with Crippen LogP contribution >= 0.6 is 0 Å². The number of aromatic nitrogens is 4. The normalized spacial score (nSPS) is 11.8. The molecular formula is C45H28N4O2. The summed E-state index contributed by atoms with van der Waals surface area (Å²) in [5.74, 6) is 4.30. The number of hydrogen-bond acceptors (Lipinski definition) is 5. The standard InChI is InChI=1S/C45H28N4O2/c1-5-13-29(14-6-1)33-21-23-37-35(25-33)36-27-41-42(51-40-26-34(22-24-39(40)50-41)30-15-7-2-8-16-30)28-38(36)49(37)45-47-43(31-17-9-3-10-18-31)46-44(48-45)32-19-11-4-12-20-32/h1-28H. The fourth-order valence-electron chi connectivity index (χ4n) is 6.83. The Kier molecular flexibility index (Phi) is 6.70. The highest BCUT2D eigenvalue weighted by Crippen LogP contribution is 2.49. The Labute approximate surface area is 293 Å². The van der Waals surface area contributed by atoms with Crippen LogP contribution in [0, 0.1) is 0 Å². The lowest BCUT2D eigenvalue weighted by Gasteiger charge is -2.21. The SMILES string of the molecule is c1ccc(-c2ccc3c(c2)Oc2cc4c(cc2O3)c2cc(-c3ccccc3)ccc2n4-c2nc(-c3ccccc3)nc(-c3ccccc3)n2)cc1. The maximum atomic E-state index is 6.62. The molecule has 0 amide bonds. The first kappa shape index (κ1) is 28.9. The molecule has 0 N–H and O–H groups in total. The van der Waals surface area contributed by atoms with Gasteiger partial charge in [-0.2, -0.15) is 9.97 Å². The molecule has 0 bridgehead atoms. The molecule has 0 aliphatic carbocycles. The first-order valence-electron chi connectivity index (χ1n) is 16.9. The van der Waals surface area contributed by atoms with Gasteiger partial charge in [-0.05, 0) is 52.6 Å². The maximum Gasteiger partial charge on any atom is 0.238 e. The minimum Gasteiger partial charge on any atom is -0.449 e. The number of rotatable bonds is 5. The Morgan fingerprint density at radius 2 is 0.804 bits per heavy atom. The molecule has 1 aliphatic heterocycles. The maximum absolute atomic E-state index is 6.62. The fraction of sp³-hybridized carbons (Fsp3) is 0. The molecule has 6 heteroatoms. The van der Waals surface area contributed by atoms with E-state index in [0.29, 0.717) is 40.6 Å². The third-order valence-corrected chi connectivity index (χ3v) is 9.32. The molecule has 0 radical (unpaired) electrons. The van der Waals surface area contributed by atoms with Gasteiger partial charge in [-0.25, -0.2) is 4.98 Å². The Morgan fingerprint density at radius 3 is 1.41 bits per heavy atom. The van der Waals surface area contributed by atoms with Gasteiger partial charge in [0.2, 0.25) is 5.95 Å². The zero-order valence-corrected chi connectivity index (χ0v) is 27.3. The van der Waals surface area contributed by atoms with Crippen molar-refractivity contribution in [2.75, 3.05) is 0 Å². The van der Waals surface area contributed by atoms with Gasteiger partial charge in [0.25, 0.3) is 0 Å². The molecule has 1 aliphatic rings. The van der Waals surface area contributed by atoms with Crippen LogP contribution in [0.15, 0.2) is 170 Å². The van der Waals surface area contributed by atoms with Crippen molar-refractivity contribution < 1.29 is 9.47 Å². The Bertz CT molecular complexity index is 2670. The van der Waals surface area contributed by atoms with E-state index >= 15 is 0 Å². The lowest BCUT2D eigenvalue weighted by Crippen LogP contribution is -2.06. The van der Waals surface area contributed by atoms with E-state index < -0.39 is 0 Å². The van der Waals surface area contributed by atoms with Crippen molar-refractivity contribution in [3.05, 3.63) is 170 Å². The van der Waals surface area contributed by atoms with Gasteiger partial charge in [0.05, 0.1) is 11.0 Å². The molecule has 9 aromatic rings. The van der Waals surface area contributed by atoms with Gasteiger partial charge in [-0.3, -0.25) is 4.57 Å². The Morgan fingerprint density at radius 1 is 0.333 bits per heavy atom. The molecule has 0 unspecified atom stereocenters. The van der Waals surface area contributed by atoms with Crippen molar-refractivity contribution >= 4 is 21.8 Å². The van der Waals surface area contributed by atoms with Crippen molar-refractivity contribution in [1.82, 2.24) is 19.5 Å². The van der Waals surface area contributed by atoms with Crippen LogP contribution in [0.5, 0.6) is 23.0 Å². The molecule has 0 atom stereocenters. The molecule has 6 nitrogen and oxygen atoms in total. The van der Waals surface area contributed by atoms with Crippen LogP contribution in [0.3, 0.4) is 0 Å². The van der Waals surface area contributed by atoms with Gasteiger partial charge in [0.1, 0.15) is 0 Å². The largest absolute Gasteiger partial charge is 0.449 e. The summed E-state index contributed by atoms with van der Waals surface area (Å²) in [6.07, 6.45) is 0. The van der Waals surface area contributed by atoms with E-state index in [1.165, 1.54) is 0 Å². The van der Waals surface area contributed by atoms with E-state index in [1.807, 2.05) is 103 Å². The van der Waals surface area contributed by atoms with E-state index in [0.717, 1.165) is 55.2 Å². The Hall–Kier alpha value is -7.05. The van der Waals surface area contributed by atoms with E-state index in [9.17, 15) is 0 Å². The van der Waals surface area contributed by atoms with Crippen LogP contribution in [0.1, 0.15) is 0 Å². The van der Waals surface area contributed by atoms with Crippen LogP contribution in [0.4, 0.5) is 0 Å². The van der Waals surface area contributed by atoms with Crippen LogP contribution in [0.25, 0.3) is 72.8 Å². The van der Waals surface area contributed by atoms with Crippen LogP contribution in [-0.4, -0.2) is 19.5 Å². The summed E-state index contributed by atoms with van der Waals surface area (Å²) in [5, 5.41) is 2.04. The van der Waals surface area contributed by atoms with Crippen molar-refractivity contribution in [1.29, 1.82) is 0 Å². The van der Waals surface area contributed by atoms with Crippen molar-refractivity contribution in [3.63, 3.8) is 0 Å². The highest BCUT2D eigenvalue weighted by molar-refractivity contribution is 6.11. The van der Waals surface area contributed by atoms with E-state index in [-0.39, 0.29) is 0 Å². The zero-order chi connectivity index (χ0) is 33.7. The summed E-state index contributed by atoms with van der Waals surface area (Å²) < 4.78 is 15.3. The monoisotopic (exact) mass is 656 g/mol. The molecule has 3 heterocycles. The topological polar surface area (TPSA) is 62.1 Å². The molecule has 0 spiro atoms. The quantitative estimate of drug-likeness (QED) is 0.184. The van der Waals surface area contributed by atoms with Gasteiger partial charge in [-0.15, -0.1) is 0 Å². The molecule has 240 valence electrons. The fourth-order valence-corrected chi connectivity index (χ4v) is 6.83. The minimum atomic E-state index is 0.513. The van der Waals surface area contributed by atoms with E-state index in [1.54, 1.807) is 0 Å². The number of hydrogen-bond donors (Lipinski definition) is 0. The average Bonchev–Trinajstić information content (AvgIpc) is 3.52. The van der Waals surface area contributed by atoms with Crippen molar-refractivity contribution in [2.45, 2.75) is 0 Å². The number of nitrogens with zero attached hydrogens (tertiary/aromatic N) is 4. The summed E-state index contributed by atoms with van der Waals surface area (Å²) in [4.78, 5) is 15.2. The smallest absolute Gasteiger partial charge is 0.238 e. The van der Waals surface area contributed by atoms with Gasteiger partial charge in [-0.1, -0.05) is 133 Å². The zero-order valence-electron chi connectivity index (χ0n) is 27.3. The summed E-state index contributed by atoms with van der Waals surface area (Å²) in [6.45, 7) is 0. The van der Waals surface area contributed by atoms with Crippen LogP contribution in [0.2, 0.25) is 0 Å². The average molecular weight is 657 g/mol. The molecule has 0 fully saturated rings. The summed E-state index contributed by atoms with van der Waals surface area (Å²) >= 11 is 0. The molecule has 0 saturated heterocycles. The number of ether oxygens (including phenoxy) is 2. The second kappa shape index (κ2) is 11.8. The molecule has 2 aromatic heterocycles. The van der Waals surface area contributed by atoms with Gasteiger partial charge >= 0.3 is 0 Å². The predicted molar refractivity (Wildman–Crippen MR) is 202 cm³/mol. The number of benzene rings is 7. The van der Waals surface area contributed by atoms with Gasteiger partial charge in [0, 0.05) is 28.0 Å². The summed E-state index contributed by atoms with van der Waals surface area (Å²) in [6, 6.07) is 57.5. The third kappa shape index (κ3) is 5.09. The van der Waals surface area contributed by atoms with Gasteiger partial charge < -0.3 is 9.47 Å². The molecular weight excluding hydrogens is 629 g/mol. The third-order valence-electron chi connectivity index (χ3n) is 9.32. The molecule has 0 saturated carbocycles. The minimum absolute atomic E-state index is 0.513. The molecule has 51 heavy (non-hydrogen) atoms. The van der Waals surface area contributed by atoms with Crippen LogP contribution < -0.4 is 9.47 Å². The van der Waals surface area contributed by atoms with E-state index in [2.05, 4.69) is 71.3 Å². The highest BCUT2D eigenvalue weighted by Gasteiger charge is 2.25. The van der Waals surface area contributed by atoms with E-state index in [4.69, 9.17) is 24.4 Å². The Balaban J connectivity index is 1.21.